The minimum Gasteiger partial charge on any atom is -0.481 e. The topological polar surface area (TPSA) is 75.1 Å². The van der Waals surface area contributed by atoms with E-state index in [0.717, 1.165) is 12.8 Å². The summed E-state index contributed by atoms with van der Waals surface area (Å²) in [5, 5.41) is 20.0. The Hall–Kier alpha value is -1.07. The van der Waals surface area contributed by atoms with Crippen molar-refractivity contribution in [3.8, 4) is 0 Å². The number of hydrogen-bond acceptors (Lipinski definition) is 4. The fourth-order valence-corrected chi connectivity index (χ4v) is 2.57. The summed E-state index contributed by atoms with van der Waals surface area (Å²) in [7, 11) is 0. The van der Waals surface area contributed by atoms with E-state index in [2.05, 4.69) is 15.5 Å². The second kappa shape index (κ2) is 5.28. The van der Waals surface area contributed by atoms with Crippen LogP contribution in [0.4, 0.5) is 5.69 Å². The number of rotatable bonds is 4. The molecule has 0 unspecified atom stereocenters. The van der Waals surface area contributed by atoms with Crippen LogP contribution in [0, 0.1) is 5.41 Å². The van der Waals surface area contributed by atoms with Crippen LogP contribution in [0.2, 0.25) is 10.3 Å². The fraction of sp³-hybridized carbons (Fsp3) is 0.545. The Kier molecular flexibility index (Phi) is 3.92. The quantitative estimate of drug-likeness (QED) is 0.891. The number of hydrogen-bond donors (Lipinski definition) is 2. The predicted octanol–water partition coefficient (Wildman–Crippen LogP) is 2.84. The fourth-order valence-electron chi connectivity index (χ4n) is 2.26. The summed E-state index contributed by atoms with van der Waals surface area (Å²) in [4.78, 5) is 11.4. The second-order valence-electron chi connectivity index (χ2n) is 4.52. The minimum atomic E-state index is -0.767. The molecule has 5 nitrogen and oxygen atoms in total. The first-order valence-corrected chi connectivity index (χ1v) is 6.45. The molecule has 0 saturated heterocycles. The van der Waals surface area contributed by atoms with Gasteiger partial charge in [-0.1, -0.05) is 36.0 Å². The molecule has 1 aliphatic rings. The zero-order valence-electron chi connectivity index (χ0n) is 9.62. The molecule has 1 fully saturated rings. The molecule has 0 amide bonds. The average Bonchev–Trinajstić information content (AvgIpc) is 2.80. The molecule has 2 rings (SSSR count). The maximum absolute atomic E-state index is 11.4. The summed E-state index contributed by atoms with van der Waals surface area (Å²) in [6.45, 7) is 0.323. The third-order valence-corrected chi connectivity index (χ3v) is 3.81. The molecule has 0 bridgehead atoms. The number of nitrogens with zero attached hydrogens (tertiary/aromatic N) is 2. The van der Waals surface area contributed by atoms with Crippen LogP contribution in [0.3, 0.4) is 0 Å². The van der Waals surface area contributed by atoms with Crippen molar-refractivity contribution in [1.29, 1.82) is 0 Å². The van der Waals surface area contributed by atoms with E-state index in [1.165, 1.54) is 0 Å². The van der Waals surface area contributed by atoms with Crippen molar-refractivity contribution >= 4 is 34.9 Å². The first kappa shape index (κ1) is 13.4. The summed E-state index contributed by atoms with van der Waals surface area (Å²) >= 11 is 11.6. The zero-order valence-corrected chi connectivity index (χ0v) is 11.1. The van der Waals surface area contributed by atoms with Crippen molar-refractivity contribution in [2.24, 2.45) is 5.41 Å². The molecule has 18 heavy (non-hydrogen) atoms. The molecule has 0 aliphatic heterocycles. The summed E-state index contributed by atoms with van der Waals surface area (Å²) in [5.41, 5.74) is -0.191. The van der Waals surface area contributed by atoms with E-state index in [1.54, 1.807) is 6.07 Å². The molecular weight excluding hydrogens is 277 g/mol. The van der Waals surface area contributed by atoms with Crippen LogP contribution < -0.4 is 5.32 Å². The highest BCUT2D eigenvalue weighted by Crippen LogP contribution is 2.38. The van der Waals surface area contributed by atoms with E-state index >= 15 is 0 Å². The summed E-state index contributed by atoms with van der Waals surface area (Å²) in [6, 6.07) is 1.54. The van der Waals surface area contributed by atoms with Gasteiger partial charge in [-0.05, 0) is 12.8 Å². The predicted molar refractivity (Wildman–Crippen MR) is 69.1 cm³/mol. The molecule has 1 aromatic rings. The molecule has 1 aliphatic carbocycles. The maximum Gasteiger partial charge on any atom is 0.311 e. The zero-order chi connectivity index (χ0) is 13.2. The van der Waals surface area contributed by atoms with Gasteiger partial charge < -0.3 is 10.4 Å². The van der Waals surface area contributed by atoms with Gasteiger partial charge in [0, 0.05) is 12.6 Å². The lowest BCUT2D eigenvalue weighted by atomic mass is 9.86. The van der Waals surface area contributed by atoms with Gasteiger partial charge >= 0.3 is 5.97 Å². The molecule has 1 heterocycles. The smallest absolute Gasteiger partial charge is 0.311 e. The van der Waals surface area contributed by atoms with Gasteiger partial charge in [0.2, 0.25) is 0 Å². The lowest BCUT2D eigenvalue weighted by Gasteiger charge is -2.24. The van der Waals surface area contributed by atoms with E-state index in [-0.39, 0.29) is 10.3 Å². The number of anilines is 1. The van der Waals surface area contributed by atoms with Crippen LogP contribution in [-0.4, -0.2) is 27.8 Å². The van der Waals surface area contributed by atoms with Crippen molar-refractivity contribution in [2.45, 2.75) is 25.7 Å². The largest absolute Gasteiger partial charge is 0.481 e. The van der Waals surface area contributed by atoms with E-state index < -0.39 is 11.4 Å². The van der Waals surface area contributed by atoms with Crippen LogP contribution >= 0.6 is 23.2 Å². The third-order valence-electron chi connectivity index (χ3n) is 3.35. The average molecular weight is 290 g/mol. The number of aromatic nitrogens is 2. The second-order valence-corrected chi connectivity index (χ2v) is 5.26. The van der Waals surface area contributed by atoms with Gasteiger partial charge in [0.25, 0.3) is 0 Å². The maximum atomic E-state index is 11.4. The molecular formula is C11H13Cl2N3O2. The molecule has 0 aromatic carbocycles. The van der Waals surface area contributed by atoms with Crippen molar-refractivity contribution < 1.29 is 9.90 Å². The van der Waals surface area contributed by atoms with Crippen LogP contribution in [0.15, 0.2) is 6.07 Å². The highest BCUT2D eigenvalue weighted by molar-refractivity contribution is 6.33. The number of aliphatic carboxylic acids is 1. The SMILES string of the molecule is O=C(O)C1(CNc2cc(Cl)nnc2Cl)CCCC1. The third kappa shape index (κ3) is 2.67. The van der Waals surface area contributed by atoms with Crippen molar-refractivity contribution in [1.82, 2.24) is 10.2 Å². The van der Waals surface area contributed by atoms with Gasteiger partial charge in [-0.25, -0.2) is 0 Å². The Morgan fingerprint density at radius 3 is 2.67 bits per heavy atom. The van der Waals surface area contributed by atoms with Gasteiger partial charge in [0.05, 0.1) is 11.1 Å². The van der Waals surface area contributed by atoms with Crippen LogP contribution in [0.1, 0.15) is 25.7 Å². The van der Waals surface area contributed by atoms with Crippen molar-refractivity contribution in [3.05, 3.63) is 16.4 Å². The monoisotopic (exact) mass is 289 g/mol. The van der Waals surface area contributed by atoms with Gasteiger partial charge in [-0.3, -0.25) is 4.79 Å². The van der Waals surface area contributed by atoms with Gasteiger partial charge in [0.1, 0.15) is 0 Å². The number of halogens is 2. The molecule has 98 valence electrons. The van der Waals surface area contributed by atoms with E-state index in [9.17, 15) is 9.90 Å². The molecule has 7 heteroatoms. The van der Waals surface area contributed by atoms with Crippen molar-refractivity contribution in [3.63, 3.8) is 0 Å². The minimum absolute atomic E-state index is 0.193. The Morgan fingerprint density at radius 2 is 2.06 bits per heavy atom. The van der Waals surface area contributed by atoms with Gasteiger partial charge in [0.15, 0.2) is 10.3 Å². The van der Waals surface area contributed by atoms with Crippen molar-refractivity contribution in [2.75, 3.05) is 11.9 Å². The standard InChI is InChI=1S/C11H13Cl2N3O2/c12-8-5-7(9(13)16-15-8)14-6-11(10(17)18)3-1-2-4-11/h5H,1-4,6H2,(H,14,15)(H,17,18). The number of carboxylic acids is 1. The van der Waals surface area contributed by atoms with E-state index in [4.69, 9.17) is 23.2 Å². The van der Waals surface area contributed by atoms with Crippen LogP contribution in [0.25, 0.3) is 0 Å². The Labute approximate surface area is 115 Å². The summed E-state index contributed by atoms with van der Waals surface area (Å²) < 4.78 is 0. The molecule has 0 spiro atoms. The Balaban J connectivity index is 2.10. The van der Waals surface area contributed by atoms with E-state index in [0.29, 0.717) is 25.1 Å². The highest BCUT2D eigenvalue weighted by Gasteiger charge is 2.41. The highest BCUT2D eigenvalue weighted by atomic mass is 35.5. The first-order chi connectivity index (χ1) is 8.53. The Bertz CT molecular complexity index is 462. The van der Waals surface area contributed by atoms with Crippen LogP contribution in [0.5, 0.6) is 0 Å². The lowest BCUT2D eigenvalue weighted by molar-refractivity contribution is -0.147. The number of carboxylic acid groups (broad SMARTS) is 1. The molecule has 1 aromatic heterocycles. The molecule has 0 radical (unpaired) electrons. The molecule has 2 N–H and O–H groups in total. The molecule has 1 saturated carbocycles. The van der Waals surface area contributed by atoms with E-state index in [1.807, 2.05) is 0 Å². The number of carbonyl (C=O) groups is 1. The van der Waals surface area contributed by atoms with Gasteiger partial charge in [-0.15, -0.1) is 10.2 Å². The normalized spacial score (nSPS) is 17.7. The summed E-state index contributed by atoms with van der Waals surface area (Å²) in [5.74, 6) is -0.767. The first-order valence-electron chi connectivity index (χ1n) is 5.69. The number of nitrogens with one attached hydrogen (secondary N) is 1. The Morgan fingerprint density at radius 1 is 1.39 bits per heavy atom. The molecule has 0 atom stereocenters. The summed E-state index contributed by atoms with van der Waals surface area (Å²) in [6.07, 6.45) is 3.24. The van der Waals surface area contributed by atoms with Crippen LogP contribution in [-0.2, 0) is 4.79 Å². The lowest BCUT2D eigenvalue weighted by Crippen LogP contribution is -2.35. The van der Waals surface area contributed by atoms with Gasteiger partial charge in [-0.2, -0.15) is 0 Å².